The summed E-state index contributed by atoms with van der Waals surface area (Å²) in [5.41, 5.74) is 0. The molecule has 1 aliphatic carbocycles. The van der Waals surface area contributed by atoms with Gasteiger partial charge in [-0.25, -0.2) is 0 Å². The molecule has 3 atom stereocenters. The first kappa shape index (κ1) is 12.7. The molecule has 1 aliphatic rings. The molecule has 0 spiro atoms. The molecule has 0 heterocycles. The van der Waals surface area contributed by atoms with Crippen LogP contribution in [0, 0.1) is 5.92 Å². The maximum atomic E-state index is 8.99. The Hall–Kier alpha value is -0.380. The Kier molecular flexibility index (Phi) is 5.29. The molecule has 1 rings (SSSR count). The zero-order valence-corrected chi connectivity index (χ0v) is 9.94. The number of aliphatic hydroxyl groups is 1. The second-order valence-electron chi connectivity index (χ2n) is 4.62. The molecule has 0 aromatic rings. The summed E-state index contributed by atoms with van der Waals surface area (Å²) in [6.07, 6.45) is 5.53. The van der Waals surface area contributed by atoms with Crippen molar-refractivity contribution < 1.29 is 9.84 Å². The van der Waals surface area contributed by atoms with Crippen molar-refractivity contribution in [2.75, 3.05) is 13.2 Å². The van der Waals surface area contributed by atoms with Crippen LogP contribution in [0.2, 0.25) is 0 Å². The van der Waals surface area contributed by atoms with Crippen molar-refractivity contribution in [3.05, 3.63) is 12.2 Å². The van der Waals surface area contributed by atoms with E-state index in [-0.39, 0.29) is 6.61 Å². The van der Waals surface area contributed by atoms with Crippen LogP contribution in [0.15, 0.2) is 12.2 Å². The van der Waals surface area contributed by atoms with Gasteiger partial charge in [0.1, 0.15) is 0 Å². The van der Waals surface area contributed by atoms with E-state index in [1.54, 1.807) is 0 Å². The molecule has 0 saturated carbocycles. The van der Waals surface area contributed by atoms with Gasteiger partial charge in [-0.2, -0.15) is 0 Å². The lowest BCUT2D eigenvalue weighted by atomic mass is 10.1. The average molecular weight is 213 g/mol. The number of nitrogens with one attached hydrogen (secondary N) is 1. The highest BCUT2D eigenvalue weighted by molar-refractivity contribution is 5.06. The monoisotopic (exact) mass is 213 g/mol. The van der Waals surface area contributed by atoms with Gasteiger partial charge in [0.2, 0.25) is 0 Å². The first-order chi connectivity index (χ1) is 7.11. The Balaban J connectivity index is 2.16. The van der Waals surface area contributed by atoms with Crippen LogP contribution >= 0.6 is 0 Å². The van der Waals surface area contributed by atoms with Crippen LogP contribution < -0.4 is 5.32 Å². The Morgan fingerprint density at radius 3 is 2.67 bits per heavy atom. The molecule has 88 valence electrons. The fourth-order valence-electron chi connectivity index (χ4n) is 1.78. The summed E-state index contributed by atoms with van der Waals surface area (Å²) in [6, 6.07) is 0.757. The van der Waals surface area contributed by atoms with Crippen molar-refractivity contribution in [3.8, 4) is 0 Å². The molecule has 0 bridgehead atoms. The molecule has 15 heavy (non-hydrogen) atoms. The van der Waals surface area contributed by atoms with Gasteiger partial charge >= 0.3 is 0 Å². The number of ether oxygens (including phenoxy) is 1. The molecule has 0 amide bonds. The quantitative estimate of drug-likeness (QED) is 0.654. The number of hydrogen-bond donors (Lipinski definition) is 2. The largest absolute Gasteiger partial charge is 0.396 e. The van der Waals surface area contributed by atoms with Gasteiger partial charge in [0.25, 0.3) is 0 Å². The number of hydrogen-bond acceptors (Lipinski definition) is 3. The SMILES string of the molecule is CC(C)OC[C@H](C)N[C@@H]1C=C[C@H](CO)C1. The topological polar surface area (TPSA) is 41.5 Å². The molecule has 0 aromatic carbocycles. The maximum Gasteiger partial charge on any atom is 0.0620 e. The van der Waals surface area contributed by atoms with Crippen LogP contribution in [-0.4, -0.2) is 36.5 Å². The van der Waals surface area contributed by atoms with Gasteiger partial charge < -0.3 is 15.2 Å². The molecular formula is C12H23NO2. The van der Waals surface area contributed by atoms with Crippen LogP contribution in [-0.2, 0) is 4.74 Å². The van der Waals surface area contributed by atoms with Crippen molar-refractivity contribution in [3.63, 3.8) is 0 Å². The molecule has 0 aromatic heterocycles. The van der Waals surface area contributed by atoms with E-state index < -0.39 is 0 Å². The molecule has 0 unspecified atom stereocenters. The van der Waals surface area contributed by atoms with E-state index in [4.69, 9.17) is 9.84 Å². The molecule has 2 N–H and O–H groups in total. The van der Waals surface area contributed by atoms with E-state index >= 15 is 0 Å². The van der Waals surface area contributed by atoms with E-state index in [0.29, 0.717) is 24.1 Å². The highest BCUT2D eigenvalue weighted by Gasteiger charge is 2.19. The molecule has 0 aliphatic heterocycles. The second-order valence-corrected chi connectivity index (χ2v) is 4.62. The summed E-state index contributed by atoms with van der Waals surface area (Å²) in [6.45, 7) is 7.22. The van der Waals surface area contributed by atoms with Crippen LogP contribution in [0.5, 0.6) is 0 Å². The van der Waals surface area contributed by atoms with Gasteiger partial charge in [0, 0.05) is 24.6 Å². The summed E-state index contributed by atoms with van der Waals surface area (Å²) in [4.78, 5) is 0. The number of rotatable bonds is 6. The number of aliphatic hydroxyl groups excluding tert-OH is 1. The van der Waals surface area contributed by atoms with Crippen LogP contribution in [0.25, 0.3) is 0 Å². The van der Waals surface area contributed by atoms with Crippen LogP contribution in [0.4, 0.5) is 0 Å². The van der Waals surface area contributed by atoms with Crippen molar-refractivity contribution in [1.29, 1.82) is 0 Å². The van der Waals surface area contributed by atoms with Crippen molar-refractivity contribution in [2.24, 2.45) is 5.92 Å². The molecule has 0 saturated heterocycles. The summed E-state index contributed by atoms with van der Waals surface area (Å²) in [7, 11) is 0. The van der Waals surface area contributed by atoms with Gasteiger partial charge in [-0.3, -0.25) is 0 Å². The van der Waals surface area contributed by atoms with E-state index in [1.165, 1.54) is 0 Å². The first-order valence-corrected chi connectivity index (χ1v) is 5.78. The lowest BCUT2D eigenvalue weighted by Crippen LogP contribution is -2.38. The highest BCUT2D eigenvalue weighted by Crippen LogP contribution is 2.17. The van der Waals surface area contributed by atoms with E-state index in [0.717, 1.165) is 13.0 Å². The van der Waals surface area contributed by atoms with Crippen LogP contribution in [0.3, 0.4) is 0 Å². The normalized spacial score (nSPS) is 27.5. The third-order valence-corrected chi connectivity index (χ3v) is 2.58. The second kappa shape index (κ2) is 6.26. The minimum atomic E-state index is 0.256. The average Bonchev–Trinajstić information content (AvgIpc) is 2.62. The minimum absolute atomic E-state index is 0.256. The maximum absolute atomic E-state index is 8.99. The Morgan fingerprint density at radius 1 is 1.40 bits per heavy atom. The third-order valence-electron chi connectivity index (χ3n) is 2.58. The molecule has 0 fully saturated rings. The van der Waals surface area contributed by atoms with Crippen LogP contribution in [0.1, 0.15) is 27.2 Å². The Labute approximate surface area is 92.5 Å². The highest BCUT2D eigenvalue weighted by atomic mass is 16.5. The van der Waals surface area contributed by atoms with Gasteiger partial charge in [0.05, 0.1) is 12.7 Å². The van der Waals surface area contributed by atoms with E-state index in [1.807, 2.05) is 13.8 Å². The first-order valence-electron chi connectivity index (χ1n) is 5.78. The van der Waals surface area contributed by atoms with Crippen molar-refractivity contribution in [2.45, 2.75) is 45.4 Å². The fraction of sp³-hybridized carbons (Fsp3) is 0.833. The van der Waals surface area contributed by atoms with Gasteiger partial charge in [-0.05, 0) is 27.2 Å². The molecule has 3 heteroatoms. The Bertz CT molecular complexity index is 204. The standard InChI is InChI=1S/C12H23NO2/c1-9(2)15-8-10(3)13-12-5-4-11(6-12)7-14/h4-5,9-14H,6-8H2,1-3H3/t10-,11-,12+/m0/s1. The summed E-state index contributed by atoms with van der Waals surface area (Å²) < 4.78 is 5.53. The zero-order chi connectivity index (χ0) is 11.3. The smallest absolute Gasteiger partial charge is 0.0620 e. The lowest BCUT2D eigenvalue weighted by molar-refractivity contribution is 0.0629. The predicted octanol–water partition coefficient (Wildman–Crippen LogP) is 1.33. The zero-order valence-electron chi connectivity index (χ0n) is 9.94. The van der Waals surface area contributed by atoms with E-state index in [9.17, 15) is 0 Å². The minimum Gasteiger partial charge on any atom is -0.396 e. The summed E-state index contributed by atoms with van der Waals surface area (Å²) >= 11 is 0. The van der Waals surface area contributed by atoms with E-state index in [2.05, 4.69) is 24.4 Å². The third kappa shape index (κ3) is 4.78. The fourth-order valence-corrected chi connectivity index (χ4v) is 1.78. The molecular weight excluding hydrogens is 190 g/mol. The van der Waals surface area contributed by atoms with Crippen molar-refractivity contribution in [1.82, 2.24) is 5.32 Å². The van der Waals surface area contributed by atoms with Gasteiger partial charge in [-0.1, -0.05) is 12.2 Å². The Morgan fingerprint density at radius 2 is 2.13 bits per heavy atom. The summed E-state index contributed by atoms with van der Waals surface area (Å²) in [5.74, 6) is 0.334. The lowest BCUT2D eigenvalue weighted by Gasteiger charge is -2.20. The molecule has 0 radical (unpaired) electrons. The van der Waals surface area contributed by atoms with Crippen molar-refractivity contribution >= 4 is 0 Å². The van der Waals surface area contributed by atoms with Gasteiger partial charge in [0.15, 0.2) is 0 Å². The molecule has 3 nitrogen and oxygen atoms in total. The van der Waals surface area contributed by atoms with Gasteiger partial charge in [-0.15, -0.1) is 0 Å². The predicted molar refractivity (Wildman–Crippen MR) is 61.8 cm³/mol. The summed E-state index contributed by atoms with van der Waals surface area (Å²) in [5, 5.41) is 12.5.